The summed E-state index contributed by atoms with van der Waals surface area (Å²) in [7, 11) is 0. The molecule has 11 nitrogen and oxygen atoms in total. The van der Waals surface area contributed by atoms with Gasteiger partial charge in [0.1, 0.15) is 6.07 Å². The van der Waals surface area contributed by atoms with Crippen LogP contribution in [0.15, 0.2) is 18.3 Å². The zero-order valence-corrected chi connectivity index (χ0v) is 20.9. The third-order valence-electron chi connectivity index (χ3n) is 6.96. The van der Waals surface area contributed by atoms with Gasteiger partial charge in [0.15, 0.2) is 17.2 Å². The first-order valence-corrected chi connectivity index (χ1v) is 12.9. The van der Waals surface area contributed by atoms with Crippen LogP contribution >= 0.6 is 11.6 Å². The molecule has 3 fully saturated rings. The zero-order valence-electron chi connectivity index (χ0n) is 20.1. The molecule has 2 saturated carbocycles. The van der Waals surface area contributed by atoms with Crippen LogP contribution < -0.4 is 15.5 Å². The van der Waals surface area contributed by atoms with E-state index in [-0.39, 0.29) is 17.5 Å². The minimum Gasteiger partial charge on any atom is -0.367 e. The summed E-state index contributed by atoms with van der Waals surface area (Å²) in [5.74, 6) is 1.54. The van der Waals surface area contributed by atoms with Gasteiger partial charge in [-0.15, -0.1) is 5.10 Å². The lowest BCUT2D eigenvalue weighted by molar-refractivity contribution is -0.131. The first-order chi connectivity index (χ1) is 18.0. The minimum atomic E-state index is 0.223. The highest BCUT2D eigenvalue weighted by Crippen LogP contribution is 2.37. The monoisotopic (exact) mass is 516 g/mol. The Morgan fingerprint density at radius 1 is 1.11 bits per heavy atom. The van der Waals surface area contributed by atoms with E-state index < -0.39 is 0 Å². The first kappa shape index (κ1) is 23.3. The van der Waals surface area contributed by atoms with Crippen LogP contribution in [0.25, 0.3) is 5.65 Å². The molecule has 2 N–H and O–H groups in total. The molecule has 0 radical (unpaired) electrons. The van der Waals surface area contributed by atoms with Crippen molar-refractivity contribution in [3.63, 3.8) is 0 Å². The number of amides is 1. The summed E-state index contributed by atoms with van der Waals surface area (Å²) in [6.45, 7) is 2.50. The summed E-state index contributed by atoms with van der Waals surface area (Å²) in [5, 5.41) is 30.6. The summed E-state index contributed by atoms with van der Waals surface area (Å²) in [5.41, 5.74) is 2.40. The summed E-state index contributed by atoms with van der Waals surface area (Å²) in [6.07, 6.45) is 6.51. The second kappa shape index (κ2) is 9.41. The van der Waals surface area contributed by atoms with Crippen molar-refractivity contribution in [3.05, 3.63) is 34.6 Å². The van der Waals surface area contributed by atoms with E-state index in [4.69, 9.17) is 11.6 Å². The Bertz CT molecular complexity index is 1450. The van der Waals surface area contributed by atoms with Crippen molar-refractivity contribution >= 4 is 46.3 Å². The highest BCUT2D eigenvalue weighted by atomic mass is 35.5. The largest absolute Gasteiger partial charge is 0.367 e. The molecular weight excluding hydrogens is 492 g/mol. The predicted octanol–water partition coefficient (Wildman–Crippen LogP) is 3.29. The number of carbonyl (C=O) groups excluding carboxylic acids is 1. The molecule has 0 bridgehead atoms. The lowest BCUT2D eigenvalue weighted by Gasteiger charge is -2.37. The molecular formula is C25H25ClN10O. The van der Waals surface area contributed by atoms with Gasteiger partial charge in [0.25, 0.3) is 0 Å². The maximum atomic E-state index is 12.5. The number of aromatic nitrogens is 4. The van der Waals surface area contributed by atoms with Gasteiger partial charge in [0.05, 0.1) is 34.2 Å². The van der Waals surface area contributed by atoms with Crippen molar-refractivity contribution in [3.8, 4) is 12.1 Å². The number of imidazole rings is 1. The first-order valence-electron chi connectivity index (χ1n) is 12.5. The van der Waals surface area contributed by atoms with Crippen molar-refractivity contribution in [2.24, 2.45) is 5.92 Å². The standard InChI is InChI=1S/C25H25ClN10O/c26-22-19(31-25-32-23(30-17-3-4-17)24-29-14-18(13-28)36(24)33-25)9-16(12-27)10-20(22)34-5-7-35(8-6-34)21(37)11-15-1-2-15/h9-10,14-15,17H,1-8,11H2,(H2,30,31,32,33). The van der Waals surface area contributed by atoms with Gasteiger partial charge in [-0.25, -0.2) is 4.98 Å². The van der Waals surface area contributed by atoms with Crippen LogP contribution in [0, 0.1) is 28.6 Å². The average molecular weight is 517 g/mol. The maximum Gasteiger partial charge on any atom is 0.247 e. The SMILES string of the molecule is N#Cc1cc(Nc2nc(NC3CC3)c3ncc(C#N)n3n2)c(Cl)c(N2CCN(C(=O)CC3CC3)CC2)c1. The third kappa shape index (κ3) is 4.83. The number of nitrogens with one attached hydrogen (secondary N) is 2. The van der Waals surface area contributed by atoms with Crippen molar-refractivity contribution in [2.45, 2.75) is 38.1 Å². The number of halogens is 1. The van der Waals surface area contributed by atoms with Crippen LogP contribution in [0.5, 0.6) is 0 Å². The average Bonchev–Trinajstić information content (AvgIpc) is 3.85. The highest BCUT2D eigenvalue weighted by Gasteiger charge is 2.29. The lowest BCUT2D eigenvalue weighted by atomic mass is 10.1. The fourth-order valence-electron chi connectivity index (χ4n) is 4.54. The van der Waals surface area contributed by atoms with Crippen molar-refractivity contribution < 1.29 is 4.79 Å². The van der Waals surface area contributed by atoms with Crippen LogP contribution in [0.2, 0.25) is 5.02 Å². The van der Waals surface area contributed by atoms with Gasteiger partial charge in [0.2, 0.25) is 11.9 Å². The van der Waals surface area contributed by atoms with Crippen LogP contribution in [0.1, 0.15) is 43.4 Å². The maximum absolute atomic E-state index is 12.5. The molecule has 188 valence electrons. The normalized spacial score (nSPS) is 17.4. The van der Waals surface area contributed by atoms with E-state index in [1.807, 2.05) is 4.90 Å². The van der Waals surface area contributed by atoms with Gasteiger partial charge in [-0.3, -0.25) is 4.79 Å². The van der Waals surface area contributed by atoms with Crippen LogP contribution in [-0.4, -0.2) is 62.6 Å². The Kier molecular flexibility index (Phi) is 5.93. The number of hydrogen-bond donors (Lipinski definition) is 2. The number of hydrogen-bond acceptors (Lipinski definition) is 9. The van der Waals surface area contributed by atoms with Gasteiger partial charge in [0, 0.05) is 38.6 Å². The molecule has 0 atom stereocenters. The summed E-state index contributed by atoms with van der Waals surface area (Å²) < 4.78 is 1.45. The number of fused-ring (bicyclic) bond motifs is 1. The number of nitriles is 2. The molecule has 3 aliphatic rings. The highest BCUT2D eigenvalue weighted by molar-refractivity contribution is 6.36. The summed E-state index contributed by atoms with van der Waals surface area (Å²) in [6, 6.07) is 8.04. The van der Waals surface area contributed by atoms with Crippen molar-refractivity contribution in [1.82, 2.24) is 24.5 Å². The van der Waals surface area contributed by atoms with Crippen LogP contribution in [-0.2, 0) is 4.79 Å². The van der Waals surface area contributed by atoms with E-state index in [2.05, 4.69) is 42.7 Å². The molecule has 1 amide bonds. The Balaban J connectivity index is 1.27. The van der Waals surface area contributed by atoms with E-state index in [0.717, 1.165) is 31.4 Å². The predicted molar refractivity (Wildman–Crippen MR) is 138 cm³/mol. The van der Waals surface area contributed by atoms with E-state index in [1.165, 1.54) is 10.7 Å². The molecule has 3 heterocycles. The van der Waals surface area contributed by atoms with Crippen molar-refractivity contribution in [1.29, 1.82) is 10.5 Å². The zero-order chi connectivity index (χ0) is 25.5. The molecule has 0 spiro atoms. The molecule has 0 unspecified atom stereocenters. The molecule has 3 aromatic rings. The van der Waals surface area contributed by atoms with E-state index in [0.29, 0.717) is 72.3 Å². The Labute approximate surface area is 218 Å². The Morgan fingerprint density at radius 3 is 2.57 bits per heavy atom. The Morgan fingerprint density at radius 2 is 1.89 bits per heavy atom. The minimum absolute atomic E-state index is 0.223. The second-order valence-corrected chi connectivity index (χ2v) is 10.2. The van der Waals surface area contributed by atoms with E-state index >= 15 is 0 Å². The fraction of sp³-hybridized carbons (Fsp3) is 0.440. The second-order valence-electron chi connectivity index (χ2n) is 9.80. The van der Waals surface area contributed by atoms with E-state index in [9.17, 15) is 15.3 Å². The van der Waals surface area contributed by atoms with Crippen LogP contribution in [0.3, 0.4) is 0 Å². The molecule has 6 rings (SSSR count). The molecule has 1 saturated heterocycles. The molecule has 2 aliphatic carbocycles. The summed E-state index contributed by atoms with van der Waals surface area (Å²) in [4.78, 5) is 25.4. The van der Waals surface area contributed by atoms with E-state index in [1.54, 1.807) is 12.1 Å². The summed E-state index contributed by atoms with van der Waals surface area (Å²) >= 11 is 6.85. The number of carbonyl (C=O) groups is 1. The fourth-order valence-corrected chi connectivity index (χ4v) is 4.81. The molecule has 1 aromatic carbocycles. The number of anilines is 4. The van der Waals surface area contributed by atoms with Crippen molar-refractivity contribution in [2.75, 3.05) is 41.7 Å². The van der Waals surface area contributed by atoms with Gasteiger partial charge >= 0.3 is 0 Å². The number of benzene rings is 1. The Hall–Kier alpha value is -4.09. The van der Waals surface area contributed by atoms with Gasteiger partial charge in [-0.05, 0) is 43.7 Å². The van der Waals surface area contributed by atoms with Crippen LogP contribution in [0.4, 0.5) is 23.1 Å². The number of piperazine rings is 1. The van der Waals surface area contributed by atoms with Gasteiger partial charge < -0.3 is 20.4 Å². The topological polar surface area (TPSA) is 138 Å². The molecule has 1 aliphatic heterocycles. The lowest BCUT2D eigenvalue weighted by Crippen LogP contribution is -2.49. The molecule has 37 heavy (non-hydrogen) atoms. The quantitative estimate of drug-likeness (QED) is 0.484. The molecule has 12 heteroatoms. The number of nitrogens with zero attached hydrogens (tertiary/aromatic N) is 8. The smallest absolute Gasteiger partial charge is 0.247 e. The van der Waals surface area contributed by atoms with Gasteiger partial charge in [-0.2, -0.15) is 20.0 Å². The molecule has 2 aromatic heterocycles. The third-order valence-corrected chi connectivity index (χ3v) is 7.35. The number of rotatable bonds is 7. The van der Waals surface area contributed by atoms with Gasteiger partial charge in [-0.1, -0.05) is 11.6 Å².